The number of likely N-dealkylation sites (tertiary alicyclic amines) is 1. The highest BCUT2D eigenvalue weighted by atomic mass is 127. The number of alkyl carbamates (subject to hydrolysis) is 1. The Hall–Kier alpha value is -1.71. The molecule has 1 aliphatic heterocycles. The number of guanidine groups is 1. The highest BCUT2D eigenvalue weighted by Crippen LogP contribution is 2.17. The monoisotopic (exact) mass is 504 g/mol. The second kappa shape index (κ2) is 10.7. The van der Waals surface area contributed by atoms with Crippen LogP contribution in [-0.2, 0) is 11.3 Å². The molecule has 1 aliphatic rings. The predicted octanol–water partition coefficient (Wildman–Crippen LogP) is 3.30. The van der Waals surface area contributed by atoms with E-state index in [0.29, 0.717) is 13.1 Å². The molecule has 1 saturated heterocycles. The maximum absolute atomic E-state index is 12.0. The fourth-order valence-electron chi connectivity index (χ4n) is 3.10. The number of hydrogen-bond donors (Lipinski definition) is 2. The first-order valence-electron chi connectivity index (χ1n) is 9.30. The average Bonchev–Trinajstić information content (AvgIpc) is 3.01. The van der Waals surface area contributed by atoms with Gasteiger partial charge >= 0.3 is 6.09 Å². The van der Waals surface area contributed by atoms with Gasteiger partial charge in [-0.15, -0.1) is 24.0 Å². The molecule has 1 atom stereocenters. The first-order valence-corrected chi connectivity index (χ1v) is 9.30. The summed E-state index contributed by atoms with van der Waals surface area (Å²) in [6, 6.07) is 6.20. The highest BCUT2D eigenvalue weighted by Gasteiger charge is 2.27. The van der Waals surface area contributed by atoms with Crippen LogP contribution in [0.3, 0.4) is 0 Å². The van der Waals surface area contributed by atoms with Crippen LogP contribution in [0.15, 0.2) is 23.2 Å². The van der Waals surface area contributed by atoms with Gasteiger partial charge in [-0.3, -0.25) is 4.99 Å². The fourth-order valence-corrected chi connectivity index (χ4v) is 3.10. The van der Waals surface area contributed by atoms with E-state index in [1.54, 1.807) is 14.2 Å². The summed E-state index contributed by atoms with van der Waals surface area (Å²) in [6.07, 6.45) is 0.488. The van der Waals surface area contributed by atoms with Crippen molar-refractivity contribution in [3.8, 4) is 5.75 Å². The smallest absolute Gasteiger partial charge is 0.407 e. The van der Waals surface area contributed by atoms with Crippen molar-refractivity contribution in [3.05, 3.63) is 29.3 Å². The molecule has 0 unspecified atom stereocenters. The molecular formula is C20H33IN4O3. The van der Waals surface area contributed by atoms with Crippen LogP contribution < -0.4 is 15.4 Å². The number of aryl methyl sites for hydroxylation is 1. The van der Waals surface area contributed by atoms with E-state index in [9.17, 15) is 4.79 Å². The molecular weight excluding hydrogens is 471 g/mol. The maximum Gasteiger partial charge on any atom is 0.407 e. The second-order valence-corrected chi connectivity index (χ2v) is 7.84. The lowest BCUT2D eigenvalue weighted by Gasteiger charge is -2.23. The van der Waals surface area contributed by atoms with E-state index >= 15 is 0 Å². The molecule has 158 valence electrons. The van der Waals surface area contributed by atoms with Crippen LogP contribution in [-0.4, -0.2) is 55.8 Å². The molecule has 8 heteroatoms. The Bertz CT molecular complexity index is 689. The SMILES string of the molecule is CN=C(NCc1cc(C)cc(OC)c1)N1CC[C@@H](NC(=O)OC(C)(C)C)C1.I. The van der Waals surface area contributed by atoms with Gasteiger partial charge in [0.25, 0.3) is 0 Å². The zero-order valence-electron chi connectivity index (χ0n) is 17.7. The number of methoxy groups -OCH3 is 1. The number of aliphatic imine (C=N–C) groups is 1. The Labute approximate surface area is 185 Å². The zero-order valence-corrected chi connectivity index (χ0v) is 20.0. The van der Waals surface area contributed by atoms with Crippen LogP contribution >= 0.6 is 24.0 Å². The standard InChI is InChI=1S/C20H32N4O3.HI/c1-14-9-15(11-17(10-14)26-6)12-22-18(21-5)24-8-7-16(13-24)23-19(25)27-20(2,3)4;/h9-11,16H,7-8,12-13H2,1-6H3,(H,21,22)(H,23,25);1H/t16-;/m1./s1. The molecule has 1 heterocycles. The number of carbonyl (C=O) groups excluding carboxylic acids is 1. The van der Waals surface area contributed by atoms with Gasteiger partial charge < -0.3 is 25.0 Å². The average molecular weight is 504 g/mol. The van der Waals surface area contributed by atoms with Gasteiger partial charge in [0.05, 0.1) is 13.2 Å². The van der Waals surface area contributed by atoms with Crippen LogP contribution in [0.4, 0.5) is 4.79 Å². The molecule has 1 amide bonds. The number of hydrogen-bond acceptors (Lipinski definition) is 4. The number of rotatable bonds is 4. The first kappa shape index (κ1) is 24.3. The Morgan fingerprint density at radius 2 is 2.04 bits per heavy atom. The summed E-state index contributed by atoms with van der Waals surface area (Å²) in [7, 11) is 3.45. The summed E-state index contributed by atoms with van der Waals surface area (Å²) in [5, 5.41) is 6.33. The number of nitrogens with zero attached hydrogens (tertiary/aromatic N) is 2. The Morgan fingerprint density at radius 3 is 2.64 bits per heavy atom. The van der Waals surface area contributed by atoms with Crippen LogP contribution in [0, 0.1) is 6.92 Å². The van der Waals surface area contributed by atoms with Gasteiger partial charge in [-0.25, -0.2) is 4.79 Å². The lowest BCUT2D eigenvalue weighted by Crippen LogP contribution is -2.44. The van der Waals surface area contributed by atoms with E-state index in [4.69, 9.17) is 9.47 Å². The third-order valence-corrected chi connectivity index (χ3v) is 4.22. The maximum atomic E-state index is 12.0. The Kier molecular flexibility index (Phi) is 9.32. The van der Waals surface area contributed by atoms with Crippen LogP contribution in [0.5, 0.6) is 5.75 Å². The van der Waals surface area contributed by atoms with Crippen molar-refractivity contribution in [1.29, 1.82) is 0 Å². The van der Waals surface area contributed by atoms with Crippen molar-refractivity contribution in [1.82, 2.24) is 15.5 Å². The predicted molar refractivity (Wildman–Crippen MR) is 123 cm³/mol. The topological polar surface area (TPSA) is 75.2 Å². The van der Waals surface area contributed by atoms with Gasteiger partial charge in [0.15, 0.2) is 5.96 Å². The minimum Gasteiger partial charge on any atom is -0.497 e. The van der Waals surface area contributed by atoms with E-state index in [2.05, 4.69) is 26.6 Å². The molecule has 2 N–H and O–H groups in total. The Balaban J connectivity index is 0.00000392. The summed E-state index contributed by atoms with van der Waals surface area (Å²) in [5.41, 5.74) is 1.80. The van der Waals surface area contributed by atoms with Crippen molar-refractivity contribution in [2.45, 2.75) is 52.3 Å². The number of carbonyl (C=O) groups is 1. The molecule has 7 nitrogen and oxygen atoms in total. The number of amides is 1. The summed E-state index contributed by atoms with van der Waals surface area (Å²) >= 11 is 0. The molecule has 0 aromatic heterocycles. The molecule has 0 radical (unpaired) electrons. The van der Waals surface area contributed by atoms with Crippen LogP contribution in [0.1, 0.15) is 38.3 Å². The van der Waals surface area contributed by atoms with Crippen LogP contribution in [0.2, 0.25) is 0 Å². The van der Waals surface area contributed by atoms with Gasteiger partial charge in [-0.1, -0.05) is 6.07 Å². The number of benzene rings is 1. The summed E-state index contributed by atoms with van der Waals surface area (Å²) in [5.74, 6) is 1.67. The number of ether oxygens (including phenoxy) is 2. The third-order valence-electron chi connectivity index (χ3n) is 4.22. The largest absolute Gasteiger partial charge is 0.497 e. The van der Waals surface area contributed by atoms with Gasteiger partial charge in [-0.05, 0) is 57.4 Å². The first-order chi connectivity index (χ1) is 12.7. The summed E-state index contributed by atoms with van der Waals surface area (Å²) in [4.78, 5) is 18.5. The van der Waals surface area contributed by atoms with Gasteiger partial charge in [0.1, 0.15) is 11.4 Å². The second-order valence-electron chi connectivity index (χ2n) is 7.84. The van der Waals surface area contributed by atoms with Gasteiger partial charge in [-0.2, -0.15) is 0 Å². The molecule has 28 heavy (non-hydrogen) atoms. The fraction of sp³-hybridized carbons (Fsp3) is 0.600. The lowest BCUT2D eigenvalue weighted by molar-refractivity contribution is 0.0507. The lowest BCUT2D eigenvalue weighted by atomic mass is 10.1. The van der Waals surface area contributed by atoms with Crippen molar-refractivity contribution >= 4 is 36.0 Å². The molecule has 1 fully saturated rings. The van der Waals surface area contributed by atoms with E-state index in [1.165, 1.54) is 0 Å². The molecule has 1 aromatic rings. The Morgan fingerprint density at radius 1 is 1.32 bits per heavy atom. The molecule has 2 rings (SSSR count). The minimum atomic E-state index is -0.491. The van der Waals surface area contributed by atoms with Gasteiger partial charge in [0.2, 0.25) is 0 Å². The normalized spacial score (nSPS) is 17.0. The number of halogens is 1. The minimum absolute atomic E-state index is 0. The van der Waals surface area contributed by atoms with Crippen molar-refractivity contribution in [2.24, 2.45) is 4.99 Å². The van der Waals surface area contributed by atoms with E-state index < -0.39 is 5.60 Å². The quantitative estimate of drug-likeness (QED) is 0.374. The molecule has 0 aliphatic carbocycles. The van der Waals surface area contributed by atoms with Gasteiger partial charge in [0, 0.05) is 26.7 Å². The van der Waals surface area contributed by atoms with Crippen molar-refractivity contribution in [3.63, 3.8) is 0 Å². The molecule has 0 saturated carbocycles. The summed E-state index contributed by atoms with van der Waals surface area (Å²) in [6.45, 7) is 9.83. The third kappa shape index (κ3) is 7.73. The van der Waals surface area contributed by atoms with E-state index in [-0.39, 0.29) is 36.1 Å². The molecule has 1 aromatic carbocycles. The summed E-state index contributed by atoms with van der Waals surface area (Å²) < 4.78 is 10.7. The van der Waals surface area contributed by atoms with E-state index in [1.807, 2.05) is 39.8 Å². The highest BCUT2D eigenvalue weighted by molar-refractivity contribution is 14.0. The van der Waals surface area contributed by atoms with Crippen LogP contribution in [0.25, 0.3) is 0 Å². The molecule has 0 spiro atoms. The van der Waals surface area contributed by atoms with Crippen molar-refractivity contribution < 1.29 is 14.3 Å². The molecule has 0 bridgehead atoms. The zero-order chi connectivity index (χ0) is 20.0. The van der Waals surface area contributed by atoms with E-state index in [0.717, 1.165) is 35.8 Å². The number of nitrogens with one attached hydrogen (secondary N) is 2. The van der Waals surface area contributed by atoms with Crippen molar-refractivity contribution in [2.75, 3.05) is 27.2 Å².